The van der Waals surface area contributed by atoms with Crippen molar-refractivity contribution in [3.63, 3.8) is 0 Å². The summed E-state index contributed by atoms with van der Waals surface area (Å²) in [6, 6.07) is 5.82. The van der Waals surface area contributed by atoms with Gasteiger partial charge >= 0.3 is 0 Å². The van der Waals surface area contributed by atoms with E-state index in [2.05, 4.69) is 38.8 Å². The molecule has 1 saturated carbocycles. The number of benzene rings is 2. The van der Waals surface area contributed by atoms with E-state index in [0.717, 1.165) is 48.3 Å². The van der Waals surface area contributed by atoms with Crippen LogP contribution < -0.4 is 15.1 Å². The average molecular weight is 603 g/mol. The van der Waals surface area contributed by atoms with E-state index in [0.29, 0.717) is 52.8 Å². The molecule has 11 heteroatoms. The lowest BCUT2D eigenvalue weighted by atomic mass is 9.88. The average Bonchev–Trinajstić information content (AvgIpc) is 3.72. The molecule has 224 valence electrons. The Morgan fingerprint density at radius 3 is 2.58 bits per heavy atom. The molecular formula is C32H36ClFN8O. The van der Waals surface area contributed by atoms with E-state index in [-0.39, 0.29) is 29.5 Å². The van der Waals surface area contributed by atoms with Gasteiger partial charge in [-0.2, -0.15) is 15.2 Å². The number of carbonyl (C=O) groups excluding carboxylic acids is 1. The van der Waals surface area contributed by atoms with E-state index < -0.39 is 5.82 Å². The van der Waals surface area contributed by atoms with Crippen molar-refractivity contribution in [1.29, 1.82) is 0 Å². The zero-order valence-corrected chi connectivity index (χ0v) is 25.7. The number of nitrogens with one attached hydrogen (secondary N) is 1. The fourth-order valence-corrected chi connectivity index (χ4v) is 7.08. The third-order valence-electron chi connectivity index (χ3n) is 9.47. The molecule has 9 nitrogen and oxygen atoms in total. The van der Waals surface area contributed by atoms with Gasteiger partial charge in [0.25, 0.3) is 0 Å². The van der Waals surface area contributed by atoms with Crippen molar-refractivity contribution in [2.75, 3.05) is 43.0 Å². The summed E-state index contributed by atoms with van der Waals surface area (Å²) in [5.74, 6) is 0.980. The van der Waals surface area contributed by atoms with Crippen LogP contribution in [0.4, 0.5) is 21.8 Å². The predicted octanol–water partition coefficient (Wildman–Crippen LogP) is 5.97. The van der Waals surface area contributed by atoms with E-state index in [1.54, 1.807) is 0 Å². The van der Waals surface area contributed by atoms with Crippen molar-refractivity contribution in [1.82, 2.24) is 20.2 Å². The molecule has 2 aromatic carbocycles. The minimum atomic E-state index is -0.461. The summed E-state index contributed by atoms with van der Waals surface area (Å²) in [5, 5.41) is 13.2. The van der Waals surface area contributed by atoms with Gasteiger partial charge in [-0.05, 0) is 75.9 Å². The fraction of sp³-hybridized carbons (Fsp3) is 0.469. The molecule has 4 heterocycles. The van der Waals surface area contributed by atoms with Gasteiger partial charge in [0, 0.05) is 60.8 Å². The molecule has 1 unspecified atom stereocenters. The minimum Gasteiger partial charge on any atom is -0.349 e. The number of anilines is 2. The fourth-order valence-electron chi connectivity index (χ4n) is 6.79. The number of nitrogens with zero attached hydrogens (tertiary/aromatic N) is 7. The number of aryl methyl sites for hydroxylation is 1. The van der Waals surface area contributed by atoms with Gasteiger partial charge in [-0.1, -0.05) is 24.2 Å². The Bertz CT molecular complexity index is 1680. The molecule has 0 bridgehead atoms. The highest BCUT2D eigenvalue weighted by molar-refractivity contribution is 6.34. The van der Waals surface area contributed by atoms with Gasteiger partial charge in [-0.3, -0.25) is 4.79 Å². The maximum atomic E-state index is 17.1. The summed E-state index contributed by atoms with van der Waals surface area (Å²) >= 11 is 7.04. The zero-order chi connectivity index (χ0) is 30.2. The second kappa shape index (κ2) is 10.5. The predicted molar refractivity (Wildman–Crippen MR) is 168 cm³/mol. The van der Waals surface area contributed by atoms with Gasteiger partial charge in [-0.15, -0.1) is 0 Å². The lowest BCUT2D eigenvalue weighted by Crippen LogP contribution is -2.59. The topological polar surface area (TPSA) is 89.3 Å². The first-order valence-electron chi connectivity index (χ1n) is 15.1. The number of carbonyl (C=O) groups is 1. The van der Waals surface area contributed by atoms with Crippen LogP contribution in [0.1, 0.15) is 43.9 Å². The molecule has 3 aromatic rings. The van der Waals surface area contributed by atoms with E-state index >= 15 is 4.39 Å². The van der Waals surface area contributed by atoms with Crippen LogP contribution in [0.2, 0.25) is 5.02 Å². The van der Waals surface area contributed by atoms with Gasteiger partial charge in [0.15, 0.2) is 5.82 Å². The van der Waals surface area contributed by atoms with E-state index in [4.69, 9.17) is 21.6 Å². The highest BCUT2D eigenvalue weighted by Crippen LogP contribution is 2.54. The number of piperazine rings is 1. The molecule has 2 saturated heterocycles. The van der Waals surface area contributed by atoms with Crippen LogP contribution in [0.15, 0.2) is 41.1 Å². The molecule has 0 radical (unpaired) electrons. The molecule has 0 spiro atoms. The summed E-state index contributed by atoms with van der Waals surface area (Å²) in [4.78, 5) is 28.4. The summed E-state index contributed by atoms with van der Waals surface area (Å²) < 4.78 is 17.1. The third kappa shape index (κ3) is 4.57. The molecule has 1 aliphatic carbocycles. The summed E-state index contributed by atoms with van der Waals surface area (Å²) in [6.45, 7) is 12.2. The van der Waals surface area contributed by atoms with E-state index in [9.17, 15) is 4.79 Å². The number of aromatic nitrogens is 2. The van der Waals surface area contributed by atoms with Crippen LogP contribution in [-0.4, -0.2) is 72.1 Å². The standard InChI is InChI=1S/C32H36ClFN8O/c1-6-24(43)41-12-18(4)42(13-17(41)3)31-21-11-22(33)26(28(34)30(21)36-32(37-31)40-14-20(15-40)35-5)25-16(2)7-10-23-27(25)29(39-38-23)19-8-9-19/h6-7,10-11,17-20,29,35H,1,8-9,12-15H2,2-5H3/t17-,18+,29?/m1/s1. The van der Waals surface area contributed by atoms with Crippen LogP contribution in [-0.2, 0) is 4.79 Å². The van der Waals surface area contributed by atoms with Crippen LogP contribution in [0.3, 0.4) is 0 Å². The highest BCUT2D eigenvalue weighted by Gasteiger charge is 2.40. The molecule has 7 rings (SSSR count). The Morgan fingerprint density at radius 1 is 1.12 bits per heavy atom. The lowest BCUT2D eigenvalue weighted by molar-refractivity contribution is -0.128. The van der Waals surface area contributed by atoms with Crippen LogP contribution >= 0.6 is 11.6 Å². The zero-order valence-electron chi connectivity index (χ0n) is 24.9. The van der Waals surface area contributed by atoms with Gasteiger partial charge in [0.1, 0.15) is 17.4 Å². The van der Waals surface area contributed by atoms with Gasteiger partial charge in [-0.25, -0.2) is 9.37 Å². The maximum absolute atomic E-state index is 17.1. The Morgan fingerprint density at radius 2 is 1.88 bits per heavy atom. The van der Waals surface area contributed by atoms with Gasteiger partial charge in [0.05, 0.1) is 10.7 Å². The minimum absolute atomic E-state index is 0.0730. The van der Waals surface area contributed by atoms with Gasteiger partial charge < -0.3 is 20.0 Å². The molecule has 1 amide bonds. The number of hydrogen-bond acceptors (Lipinski definition) is 8. The first-order valence-corrected chi connectivity index (χ1v) is 15.4. The number of azo groups is 1. The quantitative estimate of drug-likeness (QED) is 0.350. The van der Waals surface area contributed by atoms with Crippen molar-refractivity contribution in [3.8, 4) is 11.1 Å². The van der Waals surface area contributed by atoms with Crippen LogP contribution in [0, 0.1) is 18.7 Å². The van der Waals surface area contributed by atoms with Crippen molar-refractivity contribution in [2.24, 2.45) is 16.1 Å². The smallest absolute Gasteiger partial charge is 0.246 e. The Balaban J connectivity index is 1.40. The Labute approximate surface area is 255 Å². The molecular weight excluding hydrogens is 567 g/mol. The SMILES string of the molecule is C=CC(=O)N1C[C@H](C)N(c2nc(N3CC(NC)C3)nc3c(F)c(-c4c(C)ccc5c4C(C4CC4)N=N5)c(Cl)cc23)C[C@H]1C. The number of likely N-dealkylation sites (N-methyl/N-ethyl adjacent to an activating group) is 1. The van der Waals surface area contributed by atoms with Crippen molar-refractivity contribution >= 4 is 45.9 Å². The number of hydrogen-bond donors (Lipinski definition) is 1. The van der Waals surface area contributed by atoms with Crippen molar-refractivity contribution < 1.29 is 9.18 Å². The highest BCUT2D eigenvalue weighted by atomic mass is 35.5. The number of halogens is 2. The normalized spacial score (nSPS) is 23.6. The van der Waals surface area contributed by atoms with E-state index in [1.165, 1.54) is 6.08 Å². The lowest BCUT2D eigenvalue weighted by Gasteiger charge is -2.45. The van der Waals surface area contributed by atoms with Crippen LogP contribution in [0.25, 0.3) is 22.0 Å². The Kier molecular flexibility index (Phi) is 6.89. The second-order valence-electron chi connectivity index (χ2n) is 12.4. The van der Waals surface area contributed by atoms with Gasteiger partial charge in [0.2, 0.25) is 11.9 Å². The second-order valence-corrected chi connectivity index (χ2v) is 12.8. The number of rotatable bonds is 6. The monoisotopic (exact) mass is 602 g/mol. The molecule has 3 atom stereocenters. The van der Waals surface area contributed by atoms with Crippen molar-refractivity contribution in [3.05, 3.63) is 52.8 Å². The molecule has 43 heavy (non-hydrogen) atoms. The number of amides is 1. The van der Waals surface area contributed by atoms with Crippen molar-refractivity contribution in [2.45, 2.75) is 57.8 Å². The molecule has 1 aromatic heterocycles. The first kappa shape index (κ1) is 28.2. The number of fused-ring (bicyclic) bond motifs is 2. The largest absolute Gasteiger partial charge is 0.349 e. The summed E-state index contributed by atoms with van der Waals surface area (Å²) in [7, 11) is 1.93. The van der Waals surface area contributed by atoms with E-state index in [1.807, 2.05) is 44.0 Å². The molecule has 1 N–H and O–H groups in total. The molecule has 3 aliphatic heterocycles. The summed E-state index contributed by atoms with van der Waals surface area (Å²) in [5.41, 5.74) is 4.02. The maximum Gasteiger partial charge on any atom is 0.246 e. The Hall–Kier alpha value is -3.63. The van der Waals surface area contributed by atoms with Crippen LogP contribution in [0.5, 0.6) is 0 Å². The molecule has 3 fully saturated rings. The first-order chi connectivity index (χ1) is 20.7. The molecule has 4 aliphatic rings. The third-order valence-corrected chi connectivity index (χ3v) is 9.77. The summed E-state index contributed by atoms with van der Waals surface area (Å²) in [6.07, 6.45) is 3.54.